The minimum Gasteiger partial charge on any atom is -0.376 e. The molecule has 6 nitrogen and oxygen atoms in total. The van der Waals surface area contributed by atoms with Gasteiger partial charge in [-0.3, -0.25) is 0 Å². The van der Waals surface area contributed by atoms with Crippen LogP contribution in [0.15, 0.2) is 109 Å². The molecule has 0 amide bonds. The molecule has 4 N–H and O–H groups in total. The zero-order valence-electron chi connectivity index (χ0n) is 53.4. The van der Waals surface area contributed by atoms with E-state index >= 15 is 0 Å². The van der Waals surface area contributed by atoms with Crippen LogP contribution in [0.4, 0.5) is 0 Å². The molecule has 0 radical (unpaired) electrons. The summed E-state index contributed by atoms with van der Waals surface area (Å²) in [6, 6.07) is 39.6. The second kappa shape index (κ2) is 52.1. The van der Waals surface area contributed by atoms with Crippen LogP contribution in [0.1, 0.15) is 291 Å². The van der Waals surface area contributed by atoms with E-state index in [-0.39, 0.29) is 24.0 Å². The fourth-order valence-corrected chi connectivity index (χ4v) is 12.9. The van der Waals surface area contributed by atoms with Crippen LogP contribution in [0, 0.1) is 11.8 Å². The highest BCUT2D eigenvalue weighted by Gasteiger charge is 2.26. The van der Waals surface area contributed by atoms with Crippen molar-refractivity contribution >= 4 is 11.8 Å². The fraction of sp³-hybridized carbons (Fsp3) is 0.684. The van der Waals surface area contributed by atoms with Crippen molar-refractivity contribution in [3.05, 3.63) is 143 Å². The molecule has 0 saturated carbocycles. The third-order valence-electron chi connectivity index (χ3n) is 17.0. The Morgan fingerprint density at radius 3 is 0.952 bits per heavy atom. The summed E-state index contributed by atoms with van der Waals surface area (Å²) in [5.74, 6) is 2.28. The van der Waals surface area contributed by atoms with Gasteiger partial charge in [-0.15, -0.1) is 0 Å². The van der Waals surface area contributed by atoms with E-state index in [1.54, 1.807) is 0 Å². The molecule has 0 aromatic heterocycles. The molecule has 4 aromatic rings. The van der Waals surface area contributed by atoms with E-state index in [1.165, 1.54) is 226 Å². The number of nitrogens with two attached hydrogens (primary N) is 2. The Bertz CT molecular complexity index is 1880. The molecule has 0 aliphatic carbocycles. The Labute approximate surface area is 515 Å². The largest absolute Gasteiger partial charge is 0.376 e. The van der Waals surface area contributed by atoms with Crippen LogP contribution >= 0.6 is 11.8 Å². The Kier molecular flexibility index (Phi) is 45.5. The first-order valence-electron chi connectivity index (χ1n) is 34.8. The van der Waals surface area contributed by atoms with E-state index < -0.39 is 0 Å². The highest BCUT2D eigenvalue weighted by molar-refractivity contribution is 7.97. The smallest absolute Gasteiger partial charge is 0.0875 e. The van der Waals surface area contributed by atoms with Crippen LogP contribution in [0.3, 0.4) is 0 Å². The average molecular weight is 1160 g/mol. The molecule has 0 bridgehead atoms. The quantitative estimate of drug-likeness (QED) is 0.0426. The lowest BCUT2D eigenvalue weighted by Gasteiger charge is -2.28. The summed E-state index contributed by atoms with van der Waals surface area (Å²) in [4.78, 5) is 0. The van der Waals surface area contributed by atoms with Crippen LogP contribution < -0.4 is 11.5 Å². The topological polar surface area (TPSA) is 89.0 Å². The van der Waals surface area contributed by atoms with Crippen molar-refractivity contribution in [2.75, 3.05) is 39.5 Å². The van der Waals surface area contributed by atoms with Gasteiger partial charge in [-0.05, 0) is 85.0 Å². The van der Waals surface area contributed by atoms with Crippen LogP contribution in [-0.2, 0) is 43.7 Å². The lowest BCUT2D eigenvalue weighted by Crippen LogP contribution is -2.23. The number of hydrogen-bond donors (Lipinski definition) is 2. The maximum Gasteiger partial charge on any atom is 0.0875 e. The molecule has 0 heterocycles. The van der Waals surface area contributed by atoms with Crippen molar-refractivity contribution in [2.45, 2.75) is 282 Å². The van der Waals surface area contributed by atoms with Crippen LogP contribution in [-0.4, -0.2) is 39.5 Å². The Morgan fingerprint density at radius 2 is 0.639 bits per heavy atom. The monoisotopic (exact) mass is 1160 g/mol. The van der Waals surface area contributed by atoms with Crippen molar-refractivity contribution in [2.24, 2.45) is 23.3 Å². The van der Waals surface area contributed by atoms with Crippen molar-refractivity contribution in [3.8, 4) is 0 Å². The number of unbranched alkanes of at least 4 members (excludes halogenated alkanes) is 30. The third-order valence-corrected chi connectivity index (χ3v) is 18.1. The van der Waals surface area contributed by atoms with E-state index in [2.05, 4.69) is 123 Å². The zero-order valence-corrected chi connectivity index (χ0v) is 54.2. The van der Waals surface area contributed by atoms with Crippen molar-refractivity contribution in [1.82, 2.24) is 0 Å². The van der Waals surface area contributed by atoms with Crippen molar-refractivity contribution in [3.63, 3.8) is 0 Å². The van der Waals surface area contributed by atoms with Gasteiger partial charge < -0.3 is 30.4 Å². The van der Waals surface area contributed by atoms with E-state index in [0.717, 1.165) is 63.2 Å². The molecule has 0 spiro atoms. The predicted molar refractivity (Wildman–Crippen MR) is 360 cm³/mol. The van der Waals surface area contributed by atoms with Gasteiger partial charge in [0.2, 0.25) is 0 Å². The summed E-state index contributed by atoms with van der Waals surface area (Å²) >= 11 is 1.99. The highest BCUT2D eigenvalue weighted by atomic mass is 32.2. The summed E-state index contributed by atoms with van der Waals surface area (Å²) in [7, 11) is 0. The number of ether oxygens (including phenoxy) is 4. The Balaban J connectivity index is 1.32. The molecule has 468 valence electrons. The minimum atomic E-state index is -0.0460. The standard InChI is InChI=1S/C76H124N2O4S/c1-3-5-7-9-11-13-15-17-19-21-23-25-27-29-31-39-57-81-75(73(53-43-55-77)63-79-61-67-45-35-33-36-46-67)71-51-41-49-69(59-71)65-83-66-70-50-42-52-72(60-70)76(74(54-44-56-78)64-80-62-68-47-37-34-38-48-68)82-58-40-32-30-28-26-24-22-20-18-16-14-12-10-8-6-4-2/h33-38,41-42,45-52,59-60,73-76H,3-32,39-40,43-44,53-58,61-66,77-78H2,1-2H3. The van der Waals surface area contributed by atoms with E-state index in [0.29, 0.717) is 39.5 Å². The third kappa shape index (κ3) is 36.7. The molecule has 0 saturated heterocycles. The first-order valence-corrected chi connectivity index (χ1v) is 35.9. The number of hydrogen-bond acceptors (Lipinski definition) is 7. The van der Waals surface area contributed by atoms with Crippen LogP contribution in [0.5, 0.6) is 0 Å². The van der Waals surface area contributed by atoms with Gasteiger partial charge in [-0.1, -0.05) is 316 Å². The first-order chi connectivity index (χ1) is 41.1. The molecule has 0 aliphatic heterocycles. The summed E-state index contributed by atoms with van der Waals surface area (Å²) in [5.41, 5.74) is 19.9. The van der Waals surface area contributed by atoms with Gasteiger partial charge in [0.15, 0.2) is 0 Å². The molecule has 83 heavy (non-hydrogen) atoms. The predicted octanol–water partition coefficient (Wildman–Crippen LogP) is 21.9. The van der Waals surface area contributed by atoms with Crippen LogP contribution in [0.25, 0.3) is 0 Å². The summed E-state index contributed by atoms with van der Waals surface area (Å²) in [5, 5.41) is 0. The van der Waals surface area contributed by atoms with E-state index in [4.69, 9.17) is 30.4 Å². The molecule has 7 heteroatoms. The maximum atomic E-state index is 7.00. The van der Waals surface area contributed by atoms with Gasteiger partial charge in [0.25, 0.3) is 0 Å². The first kappa shape index (κ1) is 72.5. The van der Waals surface area contributed by atoms with Gasteiger partial charge in [-0.2, -0.15) is 11.8 Å². The van der Waals surface area contributed by atoms with Gasteiger partial charge in [0.05, 0.1) is 38.6 Å². The van der Waals surface area contributed by atoms with E-state index in [9.17, 15) is 0 Å². The highest BCUT2D eigenvalue weighted by Crippen LogP contribution is 2.35. The Morgan fingerprint density at radius 1 is 0.337 bits per heavy atom. The second-order valence-corrected chi connectivity index (χ2v) is 25.5. The molecule has 0 fully saturated rings. The van der Waals surface area contributed by atoms with Gasteiger partial charge in [-0.25, -0.2) is 0 Å². The molecule has 4 aromatic carbocycles. The minimum absolute atomic E-state index is 0.0460. The van der Waals surface area contributed by atoms with E-state index in [1.807, 2.05) is 11.8 Å². The van der Waals surface area contributed by atoms with Gasteiger partial charge in [0, 0.05) is 36.6 Å². The fourth-order valence-electron chi connectivity index (χ4n) is 11.9. The number of rotatable bonds is 58. The normalized spacial score (nSPS) is 13.2. The molecule has 4 rings (SSSR count). The Hall–Kier alpha value is -3.01. The second-order valence-electron chi connectivity index (χ2n) is 24.6. The summed E-state index contributed by atoms with van der Waals surface area (Å²) in [6.07, 6.45) is 47.5. The molecule has 0 aliphatic rings. The summed E-state index contributed by atoms with van der Waals surface area (Å²) < 4.78 is 27.0. The number of thioether (sulfide) groups is 1. The van der Waals surface area contributed by atoms with Crippen molar-refractivity contribution < 1.29 is 18.9 Å². The lowest BCUT2D eigenvalue weighted by atomic mass is 9.91. The lowest BCUT2D eigenvalue weighted by molar-refractivity contribution is -0.0328. The molecule has 4 unspecified atom stereocenters. The summed E-state index contributed by atoms with van der Waals surface area (Å²) in [6.45, 7) is 9.98. The van der Waals surface area contributed by atoms with Gasteiger partial charge >= 0.3 is 0 Å². The molecular weight excluding hydrogens is 1040 g/mol. The number of benzene rings is 4. The van der Waals surface area contributed by atoms with Crippen LogP contribution in [0.2, 0.25) is 0 Å². The average Bonchev–Trinajstić information content (AvgIpc) is 3.66. The SMILES string of the molecule is CCCCCCCCCCCCCCCCCCOC(c1cccc(CSCc2cccc(C(OCCCCCCCCCCCCCCCCCC)C(CCCN)COCc3ccccc3)c2)c1)C(CCCN)COCc1ccccc1. The zero-order chi connectivity index (χ0) is 58.6. The molecule has 4 atom stereocenters. The van der Waals surface area contributed by atoms with Gasteiger partial charge in [0.1, 0.15) is 0 Å². The maximum absolute atomic E-state index is 7.00. The van der Waals surface area contributed by atoms with Crippen molar-refractivity contribution in [1.29, 1.82) is 0 Å². The molecular formula is C76H124N2O4S.